The van der Waals surface area contributed by atoms with Crippen molar-refractivity contribution in [2.45, 2.75) is 0 Å². The second-order valence-corrected chi connectivity index (χ2v) is 4.65. The van der Waals surface area contributed by atoms with E-state index >= 15 is 0 Å². The molecule has 0 saturated carbocycles. The first-order valence-electron chi connectivity index (χ1n) is 4.86. The molecule has 0 aliphatic heterocycles. The number of aromatic nitrogens is 1. The third-order valence-corrected chi connectivity index (χ3v) is 3.19. The number of fused-ring (bicyclic) bond motifs is 1. The van der Waals surface area contributed by atoms with E-state index in [-0.39, 0.29) is 11.5 Å². The Bertz CT molecular complexity index is 688. The lowest BCUT2D eigenvalue weighted by Crippen LogP contribution is -1.98. The predicted octanol–water partition coefficient (Wildman–Crippen LogP) is 3.77. The van der Waals surface area contributed by atoms with Gasteiger partial charge in [-0.3, -0.25) is 4.79 Å². The summed E-state index contributed by atoms with van der Waals surface area (Å²) >= 11 is 7.25. The first-order chi connectivity index (χ1) is 8.24. The molecule has 1 aromatic carbocycles. The summed E-state index contributed by atoms with van der Waals surface area (Å²) in [6.07, 6.45) is 0. The number of furan rings is 1. The largest absolute Gasteiger partial charge is 0.453 e. The van der Waals surface area contributed by atoms with Crippen LogP contribution in [-0.2, 0) is 0 Å². The highest BCUT2D eigenvalue weighted by Gasteiger charge is 2.16. The zero-order chi connectivity index (χ0) is 11.8. The molecule has 0 aliphatic rings. The Balaban J connectivity index is 2.09. The van der Waals surface area contributed by atoms with Crippen molar-refractivity contribution in [3.05, 3.63) is 51.6 Å². The average molecular weight is 264 g/mol. The molecule has 84 valence electrons. The molecule has 0 radical (unpaired) electrons. The molecule has 3 aromatic rings. The second kappa shape index (κ2) is 3.98. The van der Waals surface area contributed by atoms with E-state index in [1.165, 1.54) is 11.3 Å². The van der Waals surface area contributed by atoms with Crippen molar-refractivity contribution in [2.75, 3.05) is 0 Å². The highest BCUT2D eigenvalue weighted by molar-refractivity contribution is 7.07. The summed E-state index contributed by atoms with van der Waals surface area (Å²) in [6.45, 7) is 0. The minimum Gasteiger partial charge on any atom is -0.453 e. The Morgan fingerprint density at radius 2 is 2.24 bits per heavy atom. The van der Waals surface area contributed by atoms with Gasteiger partial charge in [0.15, 0.2) is 5.76 Å². The van der Waals surface area contributed by atoms with Crippen LogP contribution in [0.3, 0.4) is 0 Å². The Labute approximate surface area is 106 Å². The Hall–Kier alpha value is -1.65. The number of carbonyl (C=O) groups is 1. The van der Waals surface area contributed by atoms with Crippen LogP contribution < -0.4 is 0 Å². The first-order valence-corrected chi connectivity index (χ1v) is 6.18. The van der Waals surface area contributed by atoms with E-state index in [0.29, 0.717) is 16.3 Å². The Morgan fingerprint density at radius 3 is 3.00 bits per heavy atom. The van der Waals surface area contributed by atoms with Crippen molar-refractivity contribution in [1.82, 2.24) is 4.98 Å². The normalized spacial score (nSPS) is 10.9. The zero-order valence-corrected chi connectivity index (χ0v) is 10.1. The molecule has 3 nitrogen and oxygen atoms in total. The smallest absolute Gasteiger partial charge is 0.247 e. The summed E-state index contributed by atoms with van der Waals surface area (Å²) < 4.78 is 5.47. The second-order valence-electron chi connectivity index (χ2n) is 3.50. The van der Waals surface area contributed by atoms with Gasteiger partial charge < -0.3 is 4.42 Å². The lowest BCUT2D eigenvalue weighted by molar-refractivity contribution is 0.101. The molecule has 5 heteroatoms. The SMILES string of the molecule is O=C(c1cscn1)c1cc2cc(Cl)ccc2o1. The molecule has 0 aliphatic carbocycles. The van der Waals surface area contributed by atoms with Gasteiger partial charge in [-0.2, -0.15) is 0 Å². The van der Waals surface area contributed by atoms with E-state index in [1.807, 2.05) is 0 Å². The molecular weight excluding hydrogens is 258 g/mol. The third kappa shape index (κ3) is 1.85. The van der Waals surface area contributed by atoms with Crippen LogP contribution in [0, 0.1) is 0 Å². The first kappa shape index (κ1) is 10.5. The number of nitrogens with zero attached hydrogens (tertiary/aromatic N) is 1. The predicted molar refractivity (Wildman–Crippen MR) is 66.8 cm³/mol. The number of thiazole rings is 1. The molecule has 0 unspecified atom stereocenters. The van der Waals surface area contributed by atoms with Crippen LogP contribution in [0.2, 0.25) is 5.02 Å². The summed E-state index contributed by atoms with van der Waals surface area (Å²) in [5, 5.41) is 3.13. The molecule has 0 atom stereocenters. The van der Waals surface area contributed by atoms with Crippen LogP contribution in [-0.4, -0.2) is 10.8 Å². The van der Waals surface area contributed by atoms with Crippen molar-refractivity contribution < 1.29 is 9.21 Å². The lowest BCUT2D eigenvalue weighted by atomic mass is 10.2. The van der Waals surface area contributed by atoms with Gasteiger partial charge >= 0.3 is 0 Å². The van der Waals surface area contributed by atoms with Crippen LogP contribution in [0.25, 0.3) is 11.0 Å². The van der Waals surface area contributed by atoms with Gasteiger partial charge in [0.05, 0.1) is 5.51 Å². The molecule has 2 aromatic heterocycles. The van der Waals surface area contributed by atoms with Gasteiger partial charge in [0.1, 0.15) is 11.3 Å². The van der Waals surface area contributed by atoms with Crippen LogP contribution in [0.1, 0.15) is 16.2 Å². The van der Waals surface area contributed by atoms with Crippen molar-refractivity contribution in [2.24, 2.45) is 0 Å². The molecule has 3 rings (SSSR count). The molecule has 0 fully saturated rings. The number of hydrogen-bond acceptors (Lipinski definition) is 4. The maximum Gasteiger partial charge on any atom is 0.247 e. The molecule has 0 amide bonds. The highest BCUT2D eigenvalue weighted by Crippen LogP contribution is 2.24. The number of hydrogen-bond donors (Lipinski definition) is 0. The fourth-order valence-electron chi connectivity index (χ4n) is 1.58. The van der Waals surface area contributed by atoms with Gasteiger partial charge in [-0.25, -0.2) is 4.98 Å². The minimum absolute atomic E-state index is 0.210. The standard InChI is InChI=1S/C12H6ClNO2S/c13-8-1-2-10-7(3-8)4-11(16-10)12(15)9-5-17-6-14-9/h1-6H. The van der Waals surface area contributed by atoms with Crippen molar-refractivity contribution in [3.63, 3.8) is 0 Å². The quantitative estimate of drug-likeness (QED) is 0.661. The Kier molecular flexibility index (Phi) is 2.46. The summed E-state index contributed by atoms with van der Waals surface area (Å²) in [5.74, 6) is 0.0757. The van der Waals surface area contributed by atoms with Crippen LogP contribution >= 0.6 is 22.9 Å². The van der Waals surface area contributed by atoms with Crippen molar-refractivity contribution in [1.29, 1.82) is 0 Å². The lowest BCUT2D eigenvalue weighted by Gasteiger charge is -1.89. The fraction of sp³-hybridized carbons (Fsp3) is 0. The van der Waals surface area contributed by atoms with Gasteiger partial charge in [0.25, 0.3) is 0 Å². The van der Waals surface area contributed by atoms with E-state index in [1.54, 1.807) is 35.2 Å². The third-order valence-electron chi connectivity index (χ3n) is 2.37. The van der Waals surface area contributed by atoms with Crippen LogP contribution in [0.15, 0.2) is 39.6 Å². The summed E-state index contributed by atoms with van der Waals surface area (Å²) in [6, 6.07) is 6.92. The van der Waals surface area contributed by atoms with E-state index < -0.39 is 0 Å². The Morgan fingerprint density at radius 1 is 1.35 bits per heavy atom. The van der Waals surface area contributed by atoms with Gasteiger partial charge in [0, 0.05) is 15.8 Å². The van der Waals surface area contributed by atoms with Gasteiger partial charge in [-0.1, -0.05) is 11.6 Å². The topological polar surface area (TPSA) is 43.1 Å². The number of halogens is 1. The molecule has 2 heterocycles. The van der Waals surface area contributed by atoms with Crippen molar-refractivity contribution >= 4 is 39.7 Å². The maximum atomic E-state index is 12.0. The number of ketones is 1. The van der Waals surface area contributed by atoms with Gasteiger partial charge in [-0.15, -0.1) is 11.3 Å². The molecule has 0 saturated heterocycles. The summed E-state index contributed by atoms with van der Waals surface area (Å²) in [4.78, 5) is 15.9. The van der Waals surface area contributed by atoms with E-state index in [9.17, 15) is 4.79 Å². The van der Waals surface area contributed by atoms with Gasteiger partial charge in [-0.05, 0) is 24.3 Å². The zero-order valence-electron chi connectivity index (χ0n) is 8.51. The number of rotatable bonds is 2. The van der Waals surface area contributed by atoms with E-state index in [0.717, 1.165) is 5.39 Å². The van der Waals surface area contributed by atoms with Crippen LogP contribution in [0.4, 0.5) is 0 Å². The number of benzene rings is 1. The summed E-state index contributed by atoms with van der Waals surface area (Å²) in [5.41, 5.74) is 2.67. The molecule has 0 N–H and O–H groups in total. The van der Waals surface area contributed by atoms with E-state index in [2.05, 4.69) is 4.98 Å². The maximum absolute atomic E-state index is 12.0. The summed E-state index contributed by atoms with van der Waals surface area (Å²) in [7, 11) is 0. The fourth-order valence-corrected chi connectivity index (χ4v) is 2.29. The molecule has 0 spiro atoms. The molecule has 17 heavy (non-hydrogen) atoms. The molecule has 0 bridgehead atoms. The monoisotopic (exact) mass is 263 g/mol. The molecular formula is C12H6ClNO2S. The average Bonchev–Trinajstić information content (AvgIpc) is 2.96. The minimum atomic E-state index is -0.210. The van der Waals surface area contributed by atoms with E-state index in [4.69, 9.17) is 16.0 Å². The number of carbonyl (C=O) groups excluding carboxylic acids is 1. The van der Waals surface area contributed by atoms with Crippen molar-refractivity contribution in [3.8, 4) is 0 Å². The highest BCUT2D eigenvalue weighted by atomic mass is 35.5. The van der Waals surface area contributed by atoms with Crippen LogP contribution in [0.5, 0.6) is 0 Å². The van der Waals surface area contributed by atoms with Gasteiger partial charge in [0.2, 0.25) is 5.78 Å².